The highest BCUT2D eigenvalue weighted by Crippen LogP contribution is 2.19. The van der Waals surface area contributed by atoms with E-state index in [0.29, 0.717) is 5.92 Å². The molecule has 1 rings (SSSR count). The number of rotatable bonds is 3. The summed E-state index contributed by atoms with van der Waals surface area (Å²) in [7, 11) is 1.82. The maximum atomic E-state index is 4.61. The molecule has 0 fully saturated rings. The number of hydrogen-bond donors (Lipinski definition) is 0. The van der Waals surface area contributed by atoms with Crippen molar-refractivity contribution in [1.82, 2.24) is 0 Å². The van der Waals surface area contributed by atoms with Crippen LogP contribution in [0.4, 0.5) is 0 Å². The topological polar surface area (TPSA) is 24.7 Å². The van der Waals surface area contributed by atoms with Crippen molar-refractivity contribution in [3.05, 3.63) is 23.8 Å². The van der Waals surface area contributed by atoms with Crippen molar-refractivity contribution >= 4 is 11.5 Å². The third-order valence-corrected chi connectivity index (χ3v) is 2.69. The summed E-state index contributed by atoms with van der Waals surface area (Å²) in [5.74, 6) is 1.50. The summed E-state index contributed by atoms with van der Waals surface area (Å²) >= 11 is 0. The first kappa shape index (κ1) is 12.9. The number of allylic oxidation sites excluding steroid dienone is 3. The van der Waals surface area contributed by atoms with Gasteiger partial charge in [0.05, 0.1) is 0 Å². The summed E-state index contributed by atoms with van der Waals surface area (Å²) in [5, 5.41) is 0. The van der Waals surface area contributed by atoms with Crippen LogP contribution in [0.3, 0.4) is 0 Å². The molecular formula is C14H22N2. The molecule has 0 aromatic carbocycles. The fourth-order valence-corrected chi connectivity index (χ4v) is 1.87. The van der Waals surface area contributed by atoms with E-state index in [4.69, 9.17) is 0 Å². The Balaban J connectivity index is 2.80. The van der Waals surface area contributed by atoms with Gasteiger partial charge in [-0.15, -0.1) is 0 Å². The second-order valence-electron chi connectivity index (χ2n) is 4.40. The Labute approximate surface area is 98.9 Å². The zero-order valence-corrected chi connectivity index (χ0v) is 10.8. The Kier molecular flexibility index (Phi) is 5.17. The second kappa shape index (κ2) is 6.41. The molecule has 0 aromatic heterocycles. The minimum absolute atomic E-state index is 0.596. The van der Waals surface area contributed by atoms with Crippen LogP contribution in [-0.2, 0) is 0 Å². The van der Waals surface area contributed by atoms with Gasteiger partial charge in [-0.1, -0.05) is 38.5 Å². The van der Waals surface area contributed by atoms with Gasteiger partial charge >= 0.3 is 0 Å². The maximum Gasteiger partial charge on any atom is 0.150 e. The van der Waals surface area contributed by atoms with Gasteiger partial charge in [0.1, 0.15) is 5.84 Å². The summed E-state index contributed by atoms with van der Waals surface area (Å²) in [4.78, 5) is 8.90. The lowest BCUT2D eigenvalue weighted by molar-refractivity contribution is 0.722. The SMILES string of the molecule is CCCC(C)=NC(=NC)C1=CC=CC(C)C1. The van der Waals surface area contributed by atoms with Gasteiger partial charge in [0, 0.05) is 12.8 Å². The highest BCUT2D eigenvalue weighted by Gasteiger charge is 2.11. The molecule has 0 N–H and O–H groups in total. The third-order valence-electron chi connectivity index (χ3n) is 2.69. The van der Waals surface area contributed by atoms with E-state index in [1.165, 1.54) is 11.3 Å². The van der Waals surface area contributed by atoms with Gasteiger partial charge in [-0.05, 0) is 31.3 Å². The zero-order chi connectivity index (χ0) is 12.0. The third kappa shape index (κ3) is 3.76. The number of amidine groups is 1. The van der Waals surface area contributed by atoms with E-state index in [-0.39, 0.29) is 0 Å². The van der Waals surface area contributed by atoms with Crippen molar-refractivity contribution in [3.63, 3.8) is 0 Å². The molecular weight excluding hydrogens is 196 g/mol. The van der Waals surface area contributed by atoms with E-state index < -0.39 is 0 Å². The smallest absolute Gasteiger partial charge is 0.150 e. The zero-order valence-electron chi connectivity index (χ0n) is 10.8. The molecule has 0 saturated carbocycles. The number of aliphatic imine (C=N–C) groups is 2. The maximum absolute atomic E-state index is 4.61. The predicted octanol–water partition coefficient (Wildman–Crippen LogP) is 3.80. The molecule has 0 amide bonds. The molecule has 0 heterocycles. The summed E-state index contributed by atoms with van der Waals surface area (Å²) in [6.07, 6.45) is 9.70. The molecule has 1 aliphatic carbocycles. The first-order valence-electron chi connectivity index (χ1n) is 6.06. The van der Waals surface area contributed by atoms with E-state index >= 15 is 0 Å². The largest absolute Gasteiger partial charge is 0.270 e. The normalized spacial score (nSPS) is 22.2. The average molecular weight is 218 g/mol. The molecule has 88 valence electrons. The Bertz CT molecular complexity index is 346. The second-order valence-corrected chi connectivity index (χ2v) is 4.40. The van der Waals surface area contributed by atoms with Crippen LogP contribution in [0.1, 0.15) is 40.0 Å². The van der Waals surface area contributed by atoms with Crippen molar-refractivity contribution in [2.45, 2.75) is 40.0 Å². The van der Waals surface area contributed by atoms with Gasteiger partial charge in [0.15, 0.2) is 0 Å². The molecule has 1 aliphatic rings. The summed E-state index contributed by atoms with van der Waals surface area (Å²) in [5.41, 5.74) is 2.43. The molecule has 0 saturated heterocycles. The molecule has 0 spiro atoms. The number of hydrogen-bond acceptors (Lipinski definition) is 1. The highest BCUT2D eigenvalue weighted by molar-refractivity contribution is 6.06. The van der Waals surface area contributed by atoms with E-state index in [9.17, 15) is 0 Å². The van der Waals surface area contributed by atoms with Gasteiger partial charge < -0.3 is 0 Å². The molecule has 0 radical (unpaired) electrons. The highest BCUT2D eigenvalue weighted by atomic mass is 14.9. The Morgan fingerprint density at radius 2 is 2.25 bits per heavy atom. The molecule has 0 aliphatic heterocycles. The lowest BCUT2D eigenvalue weighted by Crippen LogP contribution is -2.08. The standard InChI is InChI=1S/C14H22N2/c1-5-7-12(3)16-14(15-4)13-9-6-8-11(2)10-13/h6,8-9,11H,5,7,10H2,1-4H3. The summed E-state index contributed by atoms with van der Waals surface area (Å²) < 4.78 is 0. The molecule has 2 heteroatoms. The van der Waals surface area contributed by atoms with Gasteiger partial charge in [0.2, 0.25) is 0 Å². The van der Waals surface area contributed by atoms with Crippen LogP contribution in [0.15, 0.2) is 33.8 Å². The lowest BCUT2D eigenvalue weighted by Gasteiger charge is -2.14. The average Bonchev–Trinajstić information content (AvgIpc) is 2.26. The molecule has 16 heavy (non-hydrogen) atoms. The number of nitrogens with zero attached hydrogens (tertiary/aromatic N) is 2. The van der Waals surface area contributed by atoms with Gasteiger partial charge in [0.25, 0.3) is 0 Å². The minimum Gasteiger partial charge on any atom is -0.270 e. The van der Waals surface area contributed by atoms with Crippen LogP contribution in [0.25, 0.3) is 0 Å². The van der Waals surface area contributed by atoms with Gasteiger partial charge in [-0.2, -0.15) is 0 Å². The molecule has 2 nitrogen and oxygen atoms in total. The van der Waals surface area contributed by atoms with Gasteiger partial charge in [-0.25, -0.2) is 4.99 Å². The predicted molar refractivity (Wildman–Crippen MR) is 72.4 cm³/mol. The van der Waals surface area contributed by atoms with Crippen LogP contribution >= 0.6 is 0 Å². The first-order valence-corrected chi connectivity index (χ1v) is 6.06. The Morgan fingerprint density at radius 1 is 1.50 bits per heavy atom. The van der Waals surface area contributed by atoms with E-state index in [1.54, 1.807) is 0 Å². The van der Waals surface area contributed by atoms with Crippen LogP contribution < -0.4 is 0 Å². The van der Waals surface area contributed by atoms with Crippen LogP contribution in [0, 0.1) is 5.92 Å². The van der Waals surface area contributed by atoms with Crippen molar-refractivity contribution < 1.29 is 0 Å². The van der Waals surface area contributed by atoms with Crippen LogP contribution in [-0.4, -0.2) is 18.6 Å². The quantitative estimate of drug-likeness (QED) is 0.508. The molecule has 1 atom stereocenters. The molecule has 0 aromatic rings. The van der Waals surface area contributed by atoms with E-state index in [0.717, 1.165) is 25.1 Å². The van der Waals surface area contributed by atoms with Crippen molar-refractivity contribution in [1.29, 1.82) is 0 Å². The fourth-order valence-electron chi connectivity index (χ4n) is 1.87. The summed E-state index contributed by atoms with van der Waals surface area (Å²) in [6, 6.07) is 0. The van der Waals surface area contributed by atoms with Crippen molar-refractivity contribution in [2.24, 2.45) is 15.9 Å². The van der Waals surface area contributed by atoms with Crippen molar-refractivity contribution in [3.8, 4) is 0 Å². The van der Waals surface area contributed by atoms with Crippen LogP contribution in [0.2, 0.25) is 0 Å². The van der Waals surface area contributed by atoms with Gasteiger partial charge in [-0.3, -0.25) is 4.99 Å². The summed E-state index contributed by atoms with van der Waals surface area (Å²) in [6.45, 7) is 6.48. The molecule has 0 bridgehead atoms. The monoisotopic (exact) mass is 218 g/mol. The first-order chi connectivity index (χ1) is 7.67. The molecule has 1 unspecified atom stereocenters. The van der Waals surface area contributed by atoms with Crippen LogP contribution in [0.5, 0.6) is 0 Å². The fraction of sp³-hybridized carbons (Fsp3) is 0.571. The van der Waals surface area contributed by atoms with E-state index in [1.807, 2.05) is 7.05 Å². The Hall–Kier alpha value is -1.18. The Morgan fingerprint density at radius 3 is 2.81 bits per heavy atom. The van der Waals surface area contributed by atoms with E-state index in [2.05, 4.69) is 49.0 Å². The van der Waals surface area contributed by atoms with Crippen molar-refractivity contribution in [2.75, 3.05) is 7.05 Å². The minimum atomic E-state index is 0.596. The lowest BCUT2D eigenvalue weighted by atomic mass is 9.95.